The molecule has 1 fully saturated rings. The van der Waals surface area contributed by atoms with Gasteiger partial charge in [0.2, 0.25) is 0 Å². The number of hydrogen-bond acceptors (Lipinski definition) is 4. The van der Waals surface area contributed by atoms with Crippen molar-refractivity contribution in [1.82, 2.24) is 15.1 Å². The number of unbranched alkanes of at least 4 members (excludes halogenated alkanes) is 2. The molecular formula is C19H26ClN3O. The monoisotopic (exact) mass is 347 g/mol. The molecule has 5 heteroatoms. The van der Waals surface area contributed by atoms with E-state index in [1.165, 1.54) is 38.5 Å². The van der Waals surface area contributed by atoms with Gasteiger partial charge in [-0.2, -0.15) is 4.98 Å². The van der Waals surface area contributed by atoms with E-state index in [0.717, 1.165) is 30.3 Å². The summed E-state index contributed by atoms with van der Waals surface area (Å²) in [5, 5.41) is 4.63. The number of aromatic nitrogens is 3. The molecule has 2 heterocycles. The van der Waals surface area contributed by atoms with Gasteiger partial charge in [0.25, 0.3) is 5.89 Å². The average molecular weight is 348 g/mol. The Morgan fingerprint density at radius 3 is 2.62 bits per heavy atom. The molecule has 0 aromatic carbocycles. The van der Waals surface area contributed by atoms with E-state index >= 15 is 0 Å². The van der Waals surface area contributed by atoms with Gasteiger partial charge in [0.15, 0.2) is 5.82 Å². The Bertz CT molecular complexity index is 662. The second-order valence-corrected chi connectivity index (χ2v) is 7.32. The highest BCUT2D eigenvalue weighted by Crippen LogP contribution is 2.37. The number of halogens is 1. The Kier molecular flexibility index (Phi) is 5.88. The van der Waals surface area contributed by atoms with Crippen molar-refractivity contribution in [3.63, 3.8) is 0 Å². The van der Waals surface area contributed by atoms with Crippen LogP contribution in [0.25, 0.3) is 11.5 Å². The third kappa shape index (κ3) is 4.15. The zero-order valence-electron chi connectivity index (χ0n) is 14.6. The van der Waals surface area contributed by atoms with Crippen molar-refractivity contribution >= 4 is 11.6 Å². The lowest BCUT2D eigenvalue weighted by atomic mass is 9.79. The molecule has 0 atom stereocenters. The molecule has 0 spiro atoms. The van der Waals surface area contributed by atoms with Crippen LogP contribution in [-0.4, -0.2) is 15.1 Å². The van der Waals surface area contributed by atoms with Gasteiger partial charge >= 0.3 is 0 Å². The molecule has 1 aliphatic carbocycles. The van der Waals surface area contributed by atoms with E-state index in [4.69, 9.17) is 16.1 Å². The maximum Gasteiger partial charge on any atom is 0.261 e. The number of nitrogens with zero attached hydrogens (tertiary/aromatic N) is 3. The minimum Gasteiger partial charge on any atom is -0.334 e. The lowest BCUT2D eigenvalue weighted by molar-refractivity contribution is 0.292. The largest absolute Gasteiger partial charge is 0.334 e. The van der Waals surface area contributed by atoms with Gasteiger partial charge in [-0.1, -0.05) is 49.4 Å². The summed E-state index contributed by atoms with van der Waals surface area (Å²) in [6, 6.07) is 3.80. The predicted octanol–water partition coefficient (Wildman–Crippen LogP) is 5.95. The first-order valence-corrected chi connectivity index (χ1v) is 9.52. The summed E-state index contributed by atoms with van der Waals surface area (Å²) < 4.78 is 5.45. The van der Waals surface area contributed by atoms with E-state index in [-0.39, 0.29) is 0 Å². The molecule has 0 radical (unpaired) electrons. The maximum atomic E-state index is 6.20. The Balaban J connectivity index is 1.60. The Morgan fingerprint density at radius 1 is 1.12 bits per heavy atom. The van der Waals surface area contributed by atoms with Crippen molar-refractivity contribution in [2.45, 2.75) is 71.1 Å². The van der Waals surface area contributed by atoms with Crippen LogP contribution in [0.3, 0.4) is 0 Å². The molecule has 3 rings (SSSR count). The Hall–Kier alpha value is -1.42. The SMILES string of the molecule is CCCCCC1CCC(c2noc(-c3ccc(C)nc3Cl)n2)CC1. The smallest absolute Gasteiger partial charge is 0.261 e. The summed E-state index contributed by atoms with van der Waals surface area (Å²) in [5.41, 5.74) is 1.60. The van der Waals surface area contributed by atoms with Gasteiger partial charge in [0.1, 0.15) is 5.15 Å². The predicted molar refractivity (Wildman–Crippen MR) is 96.1 cm³/mol. The van der Waals surface area contributed by atoms with Crippen molar-refractivity contribution in [2.24, 2.45) is 5.92 Å². The zero-order chi connectivity index (χ0) is 16.9. The van der Waals surface area contributed by atoms with Crippen LogP contribution in [0.1, 0.15) is 75.7 Å². The first-order valence-electron chi connectivity index (χ1n) is 9.14. The molecule has 1 aliphatic rings. The molecule has 0 N–H and O–H groups in total. The molecule has 130 valence electrons. The molecule has 0 amide bonds. The van der Waals surface area contributed by atoms with Crippen molar-refractivity contribution in [3.8, 4) is 11.5 Å². The van der Waals surface area contributed by atoms with Crippen LogP contribution in [0.2, 0.25) is 5.15 Å². The van der Waals surface area contributed by atoms with Gasteiger partial charge in [-0.05, 0) is 50.7 Å². The molecule has 1 saturated carbocycles. The summed E-state index contributed by atoms with van der Waals surface area (Å²) in [4.78, 5) is 8.85. The average Bonchev–Trinajstić information content (AvgIpc) is 3.05. The highest BCUT2D eigenvalue weighted by atomic mass is 35.5. The minimum atomic E-state index is 0.419. The summed E-state index contributed by atoms with van der Waals surface area (Å²) >= 11 is 6.20. The van der Waals surface area contributed by atoms with E-state index in [2.05, 4.69) is 22.0 Å². The van der Waals surface area contributed by atoms with Crippen LogP contribution < -0.4 is 0 Å². The second-order valence-electron chi connectivity index (χ2n) is 6.96. The first kappa shape index (κ1) is 17.4. The van der Waals surface area contributed by atoms with E-state index < -0.39 is 0 Å². The molecule has 0 saturated heterocycles. The zero-order valence-corrected chi connectivity index (χ0v) is 15.4. The van der Waals surface area contributed by atoms with Crippen LogP contribution in [-0.2, 0) is 0 Å². The topological polar surface area (TPSA) is 51.8 Å². The fraction of sp³-hybridized carbons (Fsp3) is 0.632. The van der Waals surface area contributed by atoms with Crippen LogP contribution in [0.5, 0.6) is 0 Å². The Morgan fingerprint density at radius 2 is 1.92 bits per heavy atom. The third-order valence-corrected chi connectivity index (χ3v) is 5.38. The molecule has 2 aromatic rings. The van der Waals surface area contributed by atoms with E-state index in [9.17, 15) is 0 Å². The van der Waals surface area contributed by atoms with E-state index in [1.54, 1.807) is 0 Å². The lowest BCUT2D eigenvalue weighted by Gasteiger charge is -2.26. The highest BCUT2D eigenvalue weighted by molar-refractivity contribution is 6.31. The highest BCUT2D eigenvalue weighted by Gasteiger charge is 2.26. The molecule has 2 aromatic heterocycles. The van der Waals surface area contributed by atoms with Crippen molar-refractivity contribution in [2.75, 3.05) is 0 Å². The van der Waals surface area contributed by atoms with Crippen molar-refractivity contribution < 1.29 is 4.52 Å². The summed E-state index contributed by atoms with van der Waals surface area (Å²) in [6.07, 6.45) is 10.3. The number of rotatable bonds is 6. The van der Waals surface area contributed by atoms with Crippen LogP contribution in [0.4, 0.5) is 0 Å². The molecule has 0 bridgehead atoms. The van der Waals surface area contributed by atoms with Crippen molar-refractivity contribution in [3.05, 3.63) is 28.8 Å². The van der Waals surface area contributed by atoms with Gasteiger partial charge in [0, 0.05) is 11.6 Å². The summed E-state index contributed by atoms with van der Waals surface area (Å²) in [7, 11) is 0. The van der Waals surface area contributed by atoms with Crippen LogP contribution in [0, 0.1) is 12.8 Å². The van der Waals surface area contributed by atoms with Crippen LogP contribution in [0.15, 0.2) is 16.7 Å². The first-order chi connectivity index (χ1) is 11.7. The second kappa shape index (κ2) is 8.11. The fourth-order valence-electron chi connectivity index (χ4n) is 3.59. The van der Waals surface area contributed by atoms with Gasteiger partial charge in [-0.15, -0.1) is 0 Å². The normalized spacial score (nSPS) is 21.1. The molecule has 0 unspecified atom stereocenters. The molecule has 24 heavy (non-hydrogen) atoms. The molecular weight excluding hydrogens is 322 g/mol. The van der Waals surface area contributed by atoms with Gasteiger partial charge < -0.3 is 4.52 Å². The van der Waals surface area contributed by atoms with Crippen LogP contribution >= 0.6 is 11.6 Å². The summed E-state index contributed by atoms with van der Waals surface area (Å²) in [5.74, 6) is 2.61. The maximum absolute atomic E-state index is 6.20. The number of hydrogen-bond donors (Lipinski definition) is 0. The van der Waals surface area contributed by atoms with E-state index in [0.29, 0.717) is 22.5 Å². The van der Waals surface area contributed by atoms with E-state index in [1.807, 2.05) is 19.1 Å². The lowest BCUT2D eigenvalue weighted by Crippen LogP contribution is -2.14. The van der Waals surface area contributed by atoms with Gasteiger partial charge in [-0.3, -0.25) is 0 Å². The fourth-order valence-corrected chi connectivity index (χ4v) is 3.86. The quantitative estimate of drug-likeness (QED) is 0.478. The van der Waals surface area contributed by atoms with Gasteiger partial charge in [-0.25, -0.2) is 4.98 Å². The van der Waals surface area contributed by atoms with Gasteiger partial charge in [0.05, 0.1) is 5.56 Å². The van der Waals surface area contributed by atoms with Crippen molar-refractivity contribution in [1.29, 1.82) is 0 Å². The molecule has 0 aliphatic heterocycles. The standard InChI is InChI=1S/C19H26ClN3O/c1-3-4-5-6-14-8-10-15(11-9-14)18-22-19(24-23-18)16-12-7-13(2)21-17(16)20/h7,12,14-15H,3-6,8-11H2,1-2H3. The Labute approximate surface area is 149 Å². The summed E-state index contributed by atoms with van der Waals surface area (Å²) in [6.45, 7) is 4.18. The number of aryl methyl sites for hydroxylation is 1. The number of pyridine rings is 1. The minimum absolute atomic E-state index is 0.419. The third-order valence-electron chi connectivity index (χ3n) is 5.09. The molecule has 4 nitrogen and oxygen atoms in total.